The van der Waals surface area contributed by atoms with E-state index in [1.807, 2.05) is 58.9 Å². The highest BCUT2D eigenvalue weighted by molar-refractivity contribution is 7.87. The molecule has 270 valence electrons. The zero-order valence-corrected chi connectivity index (χ0v) is 31.5. The number of aromatic nitrogens is 2. The van der Waals surface area contributed by atoms with Crippen LogP contribution in [0.5, 0.6) is 5.88 Å². The van der Waals surface area contributed by atoms with Crippen molar-refractivity contribution in [2.24, 2.45) is 0 Å². The number of anilines is 1. The Morgan fingerprint density at radius 2 is 1.53 bits per heavy atom. The SMILES string of the molecule is Cc1cc(CN(CC(=O)OC(C)(C)C)CC(F)F)ccc1Cc1c(C)nc(N)nc1OS(=O)(=O)c1c(C(C)C)cc(C(C)C)cc1C(C)C. The highest BCUT2D eigenvalue weighted by Crippen LogP contribution is 2.37. The van der Waals surface area contributed by atoms with Crippen molar-refractivity contribution < 1.29 is 30.9 Å². The van der Waals surface area contributed by atoms with Crippen LogP contribution in [0, 0.1) is 13.8 Å². The monoisotopic (exact) mass is 702 g/mol. The smallest absolute Gasteiger partial charge is 0.341 e. The van der Waals surface area contributed by atoms with Crippen LogP contribution in [0.15, 0.2) is 35.2 Å². The summed E-state index contributed by atoms with van der Waals surface area (Å²) in [6, 6.07) is 9.37. The van der Waals surface area contributed by atoms with Gasteiger partial charge in [0.25, 0.3) is 6.43 Å². The van der Waals surface area contributed by atoms with E-state index in [4.69, 9.17) is 14.7 Å². The largest absolute Gasteiger partial charge is 0.459 e. The van der Waals surface area contributed by atoms with E-state index < -0.39 is 34.7 Å². The Balaban J connectivity index is 1.99. The maximum atomic E-state index is 14.2. The molecular weight excluding hydrogens is 650 g/mol. The number of aryl methyl sites for hydroxylation is 2. The van der Waals surface area contributed by atoms with E-state index in [9.17, 15) is 22.0 Å². The molecule has 0 aliphatic rings. The van der Waals surface area contributed by atoms with Crippen LogP contribution >= 0.6 is 0 Å². The predicted octanol–water partition coefficient (Wildman–Crippen LogP) is 7.81. The molecule has 0 atom stereocenters. The van der Waals surface area contributed by atoms with Gasteiger partial charge in [-0.2, -0.15) is 13.4 Å². The van der Waals surface area contributed by atoms with Gasteiger partial charge in [0.05, 0.1) is 18.8 Å². The van der Waals surface area contributed by atoms with Gasteiger partial charge in [-0.15, -0.1) is 0 Å². The first-order valence-electron chi connectivity index (χ1n) is 16.6. The lowest BCUT2D eigenvalue weighted by Crippen LogP contribution is -2.37. The number of nitrogen functional groups attached to an aromatic ring is 1. The van der Waals surface area contributed by atoms with E-state index in [2.05, 4.69) is 23.8 Å². The van der Waals surface area contributed by atoms with Crippen molar-refractivity contribution in [1.29, 1.82) is 0 Å². The van der Waals surface area contributed by atoms with Gasteiger partial charge in [0.1, 0.15) is 10.5 Å². The lowest BCUT2D eigenvalue weighted by atomic mass is 9.89. The zero-order chi connectivity index (χ0) is 37.0. The van der Waals surface area contributed by atoms with Crippen LogP contribution in [0.4, 0.5) is 14.7 Å². The summed E-state index contributed by atoms with van der Waals surface area (Å²) in [6.07, 6.45) is -2.41. The van der Waals surface area contributed by atoms with Crippen molar-refractivity contribution in [3.05, 3.63) is 75.0 Å². The molecule has 0 amide bonds. The van der Waals surface area contributed by atoms with Crippen LogP contribution in [0.25, 0.3) is 0 Å². The number of nitrogens with two attached hydrogens (primary N) is 1. The van der Waals surface area contributed by atoms with Gasteiger partial charge in [-0.1, -0.05) is 71.9 Å². The van der Waals surface area contributed by atoms with Gasteiger partial charge in [-0.25, -0.2) is 13.8 Å². The molecule has 3 aromatic rings. The van der Waals surface area contributed by atoms with Crippen molar-refractivity contribution in [2.45, 2.75) is 124 Å². The number of esters is 1. The van der Waals surface area contributed by atoms with Gasteiger partial charge in [0, 0.05) is 18.5 Å². The molecule has 0 saturated heterocycles. The predicted molar refractivity (Wildman–Crippen MR) is 189 cm³/mol. The minimum Gasteiger partial charge on any atom is -0.459 e. The molecule has 49 heavy (non-hydrogen) atoms. The van der Waals surface area contributed by atoms with Crippen LogP contribution in [-0.2, 0) is 32.6 Å². The van der Waals surface area contributed by atoms with E-state index in [1.165, 1.54) is 4.90 Å². The van der Waals surface area contributed by atoms with E-state index in [-0.39, 0.29) is 54.0 Å². The summed E-state index contributed by atoms with van der Waals surface area (Å²) in [4.78, 5) is 22.4. The molecule has 2 N–H and O–H groups in total. The number of hydrogen-bond donors (Lipinski definition) is 1. The molecular formula is C37H52F2N4O5S. The molecule has 0 aliphatic carbocycles. The van der Waals surface area contributed by atoms with E-state index >= 15 is 0 Å². The van der Waals surface area contributed by atoms with Crippen molar-refractivity contribution in [1.82, 2.24) is 14.9 Å². The number of halogens is 2. The summed E-state index contributed by atoms with van der Waals surface area (Å²) in [6.45, 7) is 20.0. The topological polar surface area (TPSA) is 125 Å². The molecule has 0 aliphatic heterocycles. The van der Waals surface area contributed by atoms with E-state index in [0.29, 0.717) is 22.4 Å². The van der Waals surface area contributed by atoms with Crippen LogP contribution in [-0.4, -0.2) is 54.4 Å². The summed E-state index contributed by atoms with van der Waals surface area (Å²) in [5, 5.41) is 0. The van der Waals surface area contributed by atoms with Gasteiger partial charge >= 0.3 is 16.1 Å². The average Bonchev–Trinajstić information content (AvgIpc) is 2.93. The number of nitrogens with zero attached hydrogens (tertiary/aromatic N) is 3. The number of hydrogen-bond acceptors (Lipinski definition) is 9. The van der Waals surface area contributed by atoms with Crippen molar-refractivity contribution in [3.63, 3.8) is 0 Å². The molecule has 0 fully saturated rings. The molecule has 12 heteroatoms. The summed E-state index contributed by atoms with van der Waals surface area (Å²) >= 11 is 0. The number of rotatable bonds is 14. The summed E-state index contributed by atoms with van der Waals surface area (Å²) in [7, 11) is -4.37. The van der Waals surface area contributed by atoms with Crippen LogP contribution in [0.2, 0.25) is 0 Å². The Labute approximate surface area is 290 Å². The number of carbonyl (C=O) groups is 1. The highest BCUT2D eigenvalue weighted by atomic mass is 32.2. The van der Waals surface area contributed by atoms with Gasteiger partial charge in [0.2, 0.25) is 11.8 Å². The molecule has 1 aromatic heterocycles. The number of ether oxygens (including phenoxy) is 1. The standard InChI is InChI=1S/C37H52F2N4O5S/c1-21(2)28-16-29(22(3)4)34(30(17-28)23(5)6)49(45,46)48-35-31(25(8)41-36(40)42-35)15-27-13-12-26(14-24(27)7)18-43(19-32(38)39)20-33(44)47-37(9,10)11/h12-14,16-17,21-23,32H,15,18-20H2,1-11H3,(H2,40,41,42). The van der Waals surface area contributed by atoms with E-state index in [0.717, 1.165) is 22.3 Å². The Morgan fingerprint density at radius 3 is 2.02 bits per heavy atom. The molecule has 0 unspecified atom stereocenters. The lowest BCUT2D eigenvalue weighted by molar-refractivity contribution is -0.156. The fraction of sp³-hybridized carbons (Fsp3) is 0.541. The first-order valence-corrected chi connectivity index (χ1v) is 18.0. The third-order valence-corrected chi connectivity index (χ3v) is 9.41. The Bertz CT molecular complexity index is 1720. The first kappa shape index (κ1) is 39.8. The first-order chi connectivity index (χ1) is 22.6. The Kier molecular flexibility index (Phi) is 12.9. The van der Waals surface area contributed by atoms with Gasteiger partial charge in [-0.05, 0) is 85.8 Å². The quantitative estimate of drug-likeness (QED) is 0.132. The second-order valence-electron chi connectivity index (χ2n) is 14.6. The second kappa shape index (κ2) is 15.9. The minimum absolute atomic E-state index is 0.0943. The molecule has 2 aromatic carbocycles. The maximum absolute atomic E-state index is 14.2. The highest BCUT2D eigenvalue weighted by Gasteiger charge is 2.31. The normalized spacial score (nSPS) is 12.5. The van der Waals surface area contributed by atoms with Crippen molar-refractivity contribution in [3.8, 4) is 5.88 Å². The van der Waals surface area contributed by atoms with Gasteiger partial charge < -0.3 is 14.7 Å². The zero-order valence-electron chi connectivity index (χ0n) is 30.6. The summed E-state index contributed by atoms with van der Waals surface area (Å²) in [5.74, 6) is -0.834. The molecule has 1 heterocycles. The Hall–Kier alpha value is -3.64. The Morgan fingerprint density at radius 1 is 0.939 bits per heavy atom. The van der Waals surface area contributed by atoms with Crippen molar-refractivity contribution in [2.75, 3.05) is 18.8 Å². The molecule has 0 radical (unpaired) electrons. The third kappa shape index (κ3) is 10.9. The van der Waals surface area contributed by atoms with Crippen LogP contribution in [0.1, 0.15) is 125 Å². The molecule has 9 nitrogen and oxygen atoms in total. The van der Waals surface area contributed by atoms with E-state index in [1.54, 1.807) is 33.8 Å². The van der Waals surface area contributed by atoms with Crippen LogP contribution < -0.4 is 9.92 Å². The second-order valence-corrected chi connectivity index (χ2v) is 16.0. The summed E-state index contributed by atoms with van der Waals surface area (Å²) in [5.41, 5.74) is 11.0. The number of alkyl halides is 2. The fourth-order valence-electron chi connectivity index (χ4n) is 5.63. The third-order valence-electron chi connectivity index (χ3n) is 8.06. The minimum atomic E-state index is -4.37. The average molecular weight is 703 g/mol. The van der Waals surface area contributed by atoms with Crippen molar-refractivity contribution >= 4 is 22.0 Å². The summed E-state index contributed by atoms with van der Waals surface area (Å²) < 4.78 is 66.4. The molecule has 0 saturated carbocycles. The molecule has 0 bridgehead atoms. The molecule has 3 rings (SSSR count). The van der Waals surface area contributed by atoms with Gasteiger partial charge in [-0.3, -0.25) is 9.69 Å². The molecule has 0 spiro atoms. The van der Waals surface area contributed by atoms with Crippen LogP contribution in [0.3, 0.4) is 0 Å². The fourth-order valence-corrected chi connectivity index (χ4v) is 7.22. The number of benzene rings is 2. The lowest BCUT2D eigenvalue weighted by Gasteiger charge is -2.25. The maximum Gasteiger partial charge on any atom is 0.341 e. The van der Waals surface area contributed by atoms with Gasteiger partial charge in [0.15, 0.2) is 0 Å². The number of carbonyl (C=O) groups excluding carboxylic acids is 1.